The Kier molecular flexibility index (Phi) is 3.67. The Balaban J connectivity index is 2.65. The third-order valence-electron chi connectivity index (χ3n) is 4.42. The first-order chi connectivity index (χ1) is 9.03. The first-order valence-corrected chi connectivity index (χ1v) is 11.2. The first-order valence-electron chi connectivity index (χ1n) is 7.70. The van der Waals surface area contributed by atoms with Crippen LogP contribution in [0, 0.1) is 11.5 Å². The van der Waals surface area contributed by atoms with Gasteiger partial charge < -0.3 is 0 Å². The molecule has 0 radical (unpaired) electrons. The third-order valence-corrected chi connectivity index (χ3v) is 5.29. The first kappa shape index (κ1) is 15.4. The molecule has 0 atom stereocenters. The molecule has 2 rings (SSSR count). The molecular weight excluding hydrogens is 256 g/mol. The second-order valence-electron chi connectivity index (χ2n) is 8.50. The molecule has 0 saturated heterocycles. The average Bonchev–Trinajstić information content (AvgIpc) is 2.31. The van der Waals surface area contributed by atoms with Crippen LogP contribution in [0.1, 0.15) is 57.2 Å². The van der Waals surface area contributed by atoms with E-state index in [0.717, 1.165) is 0 Å². The molecular formula is C19H28Si. The quantitative estimate of drug-likeness (QED) is 0.450. The van der Waals surface area contributed by atoms with Crippen LogP contribution < -0.4 is 0 Å². The summed E-state index contributed by atoms with van der Waals surface area (Å²) in [6.45, 7) is 16.4. The Morgan fingerprint density at radius 1 is 0.950 bits per heavy atom. The van der Waals surface area contributed by atoms with Crippen LogP contribution in [0.2, 0.25) is 19.6 Å². The molecule has 0 heterocycles. The van der Waals surface area contributed by atoms with Crippen LogP contribution in [0.4, 0.5) is 0 Å². The lowest BCUT2D eigenvalue weighted by molar-refractivity contribution is 0.331. The van der Waals surface area contributed by atoms with Crippen LogP contribution in [0.15, 0.2) is 18.2 Å². The van der Waals surface area contributed by atoms with E-state index in [9.17, 15) is 0 Å². The van der Waals surface area contributed by atoms with Crippen LogP contribution in [0.5, 0.6) is 0 Å². The molecule has 0 aliphatic heterocycles. The highest BCUT2D eigenvalue weighted by Crippen LogP contribution is 2.46. The average molecular weight is 285 g/mol. The maximum absolute atomic E-state index is 3.54. The highest BCUT2D eigenvalue weighted by atomic mass is 28.3. The number of hydrogen-bond donors (Lipinski definition) is 0. The van der Waals surface area contributed by atoms with Crippen LogP contribution in [0.3, 0.4) is 0 Å². The summed E-state index contributed by atoms with van der Waals surface area (Å²) in [5.74, 6) is 3.52. The van der Waals surface area contributed by atoms with Crippen molar-refractivity contribution in [2.24, 2.45) is 0 Å². The van der Waals surface area contributed by atoms with Crippen molar-refractivity contribution >= 4 is 8.07 Å². The molecule has 108 valence electrons. The maximum atomic E-state index is 3.54. The van der Waals surface area contributed by atoms with Crippen molar-refractivity contribution in [3.05, 3.63) is 34.9 Å². The molecule has 1 aromatic carbocycles. The predicted octanol–water partition coefficient (Wildman–Crippen LogP) is 5.26. The minimum atomic E-state index is -1.33. The molecule has 0 amide bonds. The van der Waals surface area contributed by atoms with Gasteiger partial charge in [-0.15, -0.1) is 5.54 Å². The lowest BCUT2D eigenvalue weighted by atomic mass is 9.62. The monoisotopic (exact) mass is 284 g/mol. The number of hydrogen-bond acceptors (Lipinski definition) is 0. The fourth-order valence-corrected chi connectivity index (χ4v) is 3.60. The fraction of sp³-hybridized carbons (Fsp3) is 0.579. The van der Waals surface area contributed by atoms with Crippen molar-refractivity contribution in [3.8, 4) is 11.5 Å². The summed E-state index contributed by atoms with van der Waals surface area (Å²) in [5.41, 5.74) is 8.35. The van der Waals surface area contributed by atoms with E-state index >= 15 is 0 Å². The Hall–Kier alpha value is -1.00. The van der Waals surface area contributed by atoms with Crippen molar-refractivity contribution in [2.75, 3.05) is 0 Å². The molecule has 0 spiro atoms. The second-order valence-corrected chi connectivity index (χ2v) is 13.2. The summed E-state index contributed by atoms with van der Waals surface area (Å²) in [6, 6.07) is 6.72. The summed E-state index contributed by atoms with van der Waals surface area (Å²) in [5, 5.41) is 0. The highest BCUT2D eigenvalue weighted by molar-refractivity contribution is 6.83. The number of rotatable bonds is 0. The van der Waals surface area contributed by atoms with Gasteiger partial charge in [-0.2, -0.15) is 0 Å². The van der Waals surface area contributed by atoms with Crippen molar-refractivity contribution in [1.82, 2.24) is 0 Å². The normalized spacial score (nSPS) is 19.8. The van der Waals surface area contributed by atoms with Gasteiger partial charge in [0.2, 0.25) is 0 Å². The Bertz CT molecular complexity index is 574. The lowest BCUT2D eigenvalue weighted by Crippen LogP contribution is -2.34. The SMILES string of the molecule is CC1(C)CCC(C)(C)c2c(C#C[Si](C)(C)C)cccc21. The largest absolute Gasteiger partial charge is 0.129 e. The minimum Gasteiger partial charge on any atom is -0.127 e. The molecule has 0 fully saturated rings. The van der Waals surface area contributed by atoms with Gasteiger partial charge in [0.15, 0.2) is 0 Å². The van der Waals surface area contributed by atoms with Crippen LogP contribution in [0.25, 0.3) is 0 Å². The zero-order valence-electron chi connectivity index (χ0n) is 14.1. The van der Waals surface area contributed by atoms with Gasteiger partial charge in [0.1, 0.15) is 8.07 Å². The van der Waals surface area contributed by atoms with E-state index < -0.39 is 8.07 Å². The summed E-state index contributed by atoms with van der Waals surface area (Å²) in [7, 11) is -1.33. The molecule has 1 heteroatoms. The number of benzene rings is 1. The van der Waals surface area contributed by atoms with E-state index in [1.54, 1.807) is 0 Å². The van der Waals surface area contributed by atoms with E-state index in [1.165, 1.54) is 29.5 Å². The van der Waals surface area contributed by atoms with Crippen LogP contribution >= 0.6 is 0 Å². The summed E-state index contributed by atoms with van der Waals surface area (Å²) >= 11 is 0. The standard InChI is InChI=1S/C19H28Si/c1-18(2)12-13-19(3,4)17-15(9-8-10-16(17)18)11-14-20(5,6)7/h8-10H,12-13H2,1-7H3. The maximum Gasteiger partial charge on any atom is 0.129 e. The van der Waals surface area contributed by atoms with Crippen molar-refractivity contribution in [3.63, 3.8) is 0 Å². The van der Waals surface area contributed by atoms with Gasteiger partial charge in [0, 0.05) is 5.56 Å². The van der Waals surface area contributed by atoms with Crippen molar-refractivity contribution in [1.29, 1.82) is 0 Å². The topological polar surface area (TPSA) is 0 Å². The third kappa shape index (κ3) is 3.01. The van der Waals surface area contributed by atoms with Gasteiger partial charge in [-0.25, -0.2) is 0 Å². The molecule has 0 N–H and O–H groups in total. The van der Waals surface area contributed by atoms with Gasteiger partial charge in [-0.05, 0) is 40.9 Å². The van der Waals surface area contributed by atoms with Gasteiger partial charge in [0.05, 0.1) is 0 Å². The predicted molar refractivity (Wildman–Crippen MR) is 92.0 cm³/mol. The van der Waals surface area contributed by atoms with Crippen molar-refractivity contribution in [2.45, 2.75) is 71.0 Å². The summed E-state index contributed by atoms with van der Waals surface area (Å²) < 4.78 is 0. The molecule has 1 aromatic rings. The summed E-state index contributed by atoms with van der Waals surface area (Å²) in [6.07, 6.45) is 2.51. The molecule has 1 aliphatic rings. The van der Waals surface area contributed by atoms with E-state index in [0.29, 0.717) is 0 Å². The molecule has 0 aromatic heterocycles. The van der Waals surface area contributed by atoms with E-state index in [2.05, 4.69) is 77.0 Å². The van der Waals surface area contributed by atoms with Gasteiger partial charge in [-0.1, -0.05) is 65.4 Å². The number of fused-ring (bicyclic) bond motifs is 1. The zero-order chi connectivity index (χ0) is 15.2. The Morgan fingerprint density at radius 3 is 2.15 bits per heavy atom. The summed E-state index contributed by atoms with van der Waals surface area (Å²) in [4.78, 5) is 0. The molecule has 0 nitrogen and oxygen atoms in total. The van der Waals surface area contributed by atoms with E-state index in [4.69, 9.17) is 0 Å². The van der Waals surface area contributed by atoms with Gasteiger partial charge in [-0.3, -0.25) is 0 Å². The minimum absolute atomic E-state index is 0.246. The van der Waals surface area contributed by atoms with Gasteiger partial charge >= 0.3 is 0 Å². The highest BCUT2D eigenvalue weighted by Gasteiger charge is 2.38. The Labute approximate surface area is 126 Å². The van der Waals surface area contributed by atoms with Crippen molar-refractivity contribution < 1.29 is 0 Å². The molecule has 20 heavy (non-hydrogen) atoms. The second kappa shape index (κ2) is 4.78. The smallest absolute Gasteiger partial charge is 0.127 e. The zero-order valence-corrected chi connectivity index (χ0v) is 15.1. The molecule has 0 saturated carbocycles. The van der Waals surface area contributed by atoms with E-state index in [-0.39, 0.29) is 10.8 Å². The van der Waals surface area contributed by atoms with Gasteiger partial charge in [0.25, 0.3) is 0 Å². The van der Waals surface area contributed by atoms with E-state index in [1.807, 2.05) is 0 Å². The van der Waals surface area contributed by atoms with Crippen LogP contribution in [-0.4, -0.2) is 8.07 Å². The Morgan fingerprint density at radius 2 is 1.55 bits per heavy atom. The lowest BCUT2D eigenvalue weighted by Gasteiger charge is -2.42. The molecule has 0 bridgehead atoms. The molecule has 0 unspecified atom stereocenters. The fourth-order valence-electron chi connectivity index (χ4n) is 3.09. The molecule has 1 aliphatic carbocycles. The van der Waals surface area contributed by atoms with Crippen LogP contribution in [-0.2, 0) is 10.8 Å².